The number of rotatable bonds is 3. The highest BCUT2D eigenvalue weighted by Gasteiger charge is 2.18. The van der Waals surface area contributed by atoms with Gasteiger partial charge < -0.3 is 15.5 Å². The Morgan fingerprint density at radius 2 is 1.95 bits per heavy atom. The summed E-state index contributed by atoms with van der Waals surface area (Å²) in [5, 5.41) is 21.8. The Kier molecular flexibility index (Phi) is 4.24. The third-order valence-corrected chi connectivity index (χ3v) is 3.61. The van der Waals surface area contributed by atoms with Crippen molar-refractivity contribution in [1.82, 2.24) is 10.3 Å². The van der Waals surface area contributed by atoms with Crippen LogP contribution in [-0.4, -0.2) is 33.6 Å². The number of nitrogens with zero attached hydrogens (tertiary/aromatic N) is 1. The van der Waals surface area contributed by atoms with Crippen molar-refractivity contribution in [1.29, 1.82) is 0 Å². The molecule has 104 valence electrons. The van der Waals surface area contributed by atoms with Crippen LogP contribution in [-0.2, 0) is 4.79 Å². The Hall–Kier alpha value is -1.67. The number of carboxylic acids is 1. The molecule has 0 atom stereocenters. The Morgan fingerprint density at radius 3 is 2.60 bits per heavy atom. The fourth-order valence-corrected chi connectivity index (χ4v) is 2.50. The second kappa shape index (κ2) is 5.76. The lowest BCUT2D eigenvalue weighted by Crippen LogP contribution is -2.30. The molecular weight excluding hydrogens is 396 g/mol. The van der Waals surface area contributed by atoms with Gasteiger partial charge in [0, 0.05) is 15.2 Å². The summed E-state index contributed by atoms with van der Waals surface area (Å²) in [6, 6.07) is 5.09. The monoisotopic (exact) mass is 402 g/mol. The van der Waals surface area contributed by atoms with Crippen molar-refractivity contribution in [3.63, 3.8) is 0 Å². The number of fused-ring (bicyclic) bond motifs is 1. The van der Waals surface area contributed by atoms with Crippen molar-refractivity contribution in [3.05, 3.63) is 33.0 Å². The molecule has 0 saturated carbocycles. The number of amides is 1. The van der Waals surface area contributed by atoms with Crippen molar-refractivity contribution >= 4 is 54.5 Å². The number of benzene rings is 1. The highest BCUT2D eigenvalue weighted by atomic mass is 79.9. The maximum Gasteiger partial charge on any atom is 0.322 e. The number of carboxylic acid groups (broad SMARTS) is 1. The van der Waals surface area contributed by atoms with Gasteiger partial charge in [-0.2, -0.15) is 0 Å². The fourth-order valence-electron chi connectivity index (χ4n) is 1.63. The van der Waals surface area contributed by atoms with Crippen LogP contribution in [0.15, 0.2) is 27.3 Å². The first-order chi connectivity index (χ1) is 9.40. The van der Waals surface area contributed by atoms with E-state index in [-0.39, 0.29) is 11.4 Å². The van der Waals surface area contributed by atoms with Crippen LogP contribution in [0.1, 0.15) is 10.5 Å². The number of halogens is 2. The molecule has 0 fully saturated rings. The lowest BCUT2D eigenvalue weighted by atomic mass is 10.1. The molecule has 1 amide bonds. The van der Waals surface area contributed by atoms with Gasteiger partial charge in [0.05, 0.1) is 0 Å². The van der Waals surface area contributed by atoms with Gasteiger partial charge in [0.1, 0.15) is 11.1 Å². The summed E-state index contributed by atoms with van der Waals surface area (Å²) in [5.74, 6) is -2.23. The van der Waals surface area contributed by atoms with Gasteiger partial charge >= 0.3 is 5.97 Å². The van der Waals surface area contributed by atoms with E-state index in [9.17, 15) is 14.7 Å². The number of pyridine rings is 1. The second-order valence-electron chi connectivity index (χ2n) is 3.87. The number of hydrogen-bond acceptors (Lipinski definition) is 4. The first-order valence-electron chi connectivity index (χ1n) is 5.38. The summed E-state index contributed by atoms with van der Waals surface area (Å²) in [6.45, 7) is -0.546. The van der Waals surface area contributed by atoms with Gasteiger partial charge in [-0.05, 0) is 34.1 Å². The van der Waals surface area contributed by atoms with E-state index in [1.807, 2.05) is 0 Å². The van der Waals surface area contributed by atoms with E-state index >= 15 is 0 Å². The van der Waals surface area contributed by atoms with Crippen molar-refractivity contribution in [2.75, 3.05) is 6.54 Å². The average molecular weight is 404 g/mol. The quantitative estimate of drug-likeness (QED) is 0.682. The van der Waals surface area contributed by atoms with Crippen molar-refractivity contribution in [2.45, 2.75) is 0 Å². The first kappa shape index (κ1) is 14.7. The number of aromatic nitrogens is 1. The highest BCUT2D eigenvalue weighted by molar-refractivity contribution is 9.11. The van der Waals surface area contributed by atoms with Gasteiger partial charge in [0.15, 0.2) is 11.4 Å². The zero-order valence-electron chi connectivity index (χ0n) is 9.85. The predicted octanol–water partition coefficient (Wildman–Crippen LogP) is 2.28. The smallest absolute Gasteiger partial charge is 0.322 e. The van der Waals surface area contributed by atoms with Gasteiger partial charge in [0.25, 0.3) is 5.91 Å². The maximum absolute atomic E-state index is 11.8. The molecule has 0 radical (unpaired) electrons. The minimum absolute atomic E-state index is 0.229. The Balaban J connectivity index is 2.50. The van der Waals surface area contributed by atoms with E-state index in [2.05, 4.69) is 42.2 Å². The van der Waals surface area contributed by atoms with E-state index in [1.165, 1.54) is 0 Å². The molecule has 3 N–H and O–H groups in total. The molecule has 1 aromatic carbocycles. The van der Waals surface area contributed by atoms with Crippen LogP contribution in [0.2, 0.25) is 0 Å². The van der Waals surface area contributed by atoms with Crippen molar-refractivity contribution in [3.8, 4) is 5.75 Å². The van der Waals surface area contributed by atoms with Crippen LogP contribution in [0.25, 0.3) is 10.8 Å². The van der Waals surface area contributed by atoms with Gasteiger partial charge in [-0.3, -0.25) is 9.59 Å². The van der Waals surface area contributed by atoms with Gasteiger partial charge in [-0.15, -0.1) is 0 Å². The Morgan fingerprint density at radius 1 is 1.25 bits per heavy atom. The normalized spacial score (nSPS) is 10.5. The molecule has 2 aromatic rings. The van der Waals surface area contributed by atoms with Crippen LogP contribution in [0, 0.1) is 0 Å². The summed E-state index contributed by atoms with van der Waals surface area (Å²) in [6.07, 6.45) is 0. The number of nitrogens with one attached hydrogen (secondary N) is 1. The Bertz CT molecular complexity index is 718. The fraction of sp³-hybridized carbons (Fsp3) is 0.0833. The van der Waals surface area contributed by atoms with E-state index in [1.54, 1.807) is 18.2 Å². The molecule has 6 nitrogen and oxygen atoms in total. The van der Waals surface area contributed by atoms with Gasteiger partial charge in [-0.25, -0.2) is 4.98 Å². The number of carbonyl (C=O) groups excluding carboxylic acids is 1. The van der Waals surface area contributed by atoms with Gasteiger partial charge in [0.2, 0.25) is 0 Å². The average Bonchev–Trinajstić information content (AvgIpc) is 2.40. The van der Waals surface area contributed by atoms with Crippen LogP contribution >= 0.6 is 31.9 Å². The van der Waals surface area contributed by atoms with Crippen LogP contribution in [0.4, 0.5) is 0 Å². The minimum Gasteiger partial charge on any atom is -0.505 e. The zero-order valence-corrected chi connectivity index (χ0v) is 13.0. The Labute approximate surface area is 130 Å². The lowest BCUT2D eigenvalue weighted by molar-refractivity contribution is -0.135. The summed E-state index contributed by atoms with van der Waals surface area (Å²) < 4.78 is 1.18. The van der Waals surface area contributed by atoms with E-state index in [4.69, 9.17) is 5.11 Å². The lowest BCUT2D eigenvalue weighted by Gasteiger charge is -2.09. The first-order valence-corrected chi connectivity index (χ1v) is 6.96. The predicted molar refractivity (Wildman–Crippen MR) is 78.8 cm³/mol. The molecule has 0 saturated heterocycles. The van der Waals surface area contributed by atoms with Crippen LogP contribution in [0.5, 0.6) is 5.75 Å². The third-order valence-electron chi connectivity index (χ3n) is 2.51. The number of hydrogen-bond donors (Lipinski definition) is 3. The standard InChI is InChI=1S/C12H8Br2N2O4/c13-5-1-2-6-7(3-5)11(14)16-9(10(6)19)12(20)15-4-8(17)18/h1-3,19H,4H2,(H,15,20)(H,17,18). The highest BCUT2D eigenvalue weighted by Crippen LogP contribution is 2.33. The summed E-state index contributed by atoms with van der Waals surface area (Å²) in [7, 11) is 0. The molecule has 8 heteroatoms. The topological polar surface area (TPSA) is 99.5 Å². The molecule has 0 unspecified atom stereocenters. The summed E-state index contributed by atoms with van der Waals surface area (Å²) in [4.78, 5) is 26.2. The number of aromatic hydroxyl groups is 1. The molecule has 0 spiro atoms. The van der Waals surface area contributed by atoms with Crippen molar-refractivity contribution < 1.29 is 19.8 Å². The molecule has 1 aromatic heterocycles. The van der Waals surface area contributed by atoms with Crippen molar-refractivity contribution in [2.24, 2.45) is 0 Å². The van der Waals surface area contributed by atoms with E-state index in [0.717, 1.165) is 4.47 Å². The zero-order chi connectivity index (χ0) is 14.9. The maximum atomic E-state index is 11.8. The molecule has 2 rings (SSSR count). The van der Waals surface area contributed by atoms with E-state index in [0.29, 0.717) is 15.4 Å². The van der Waals surface area contributed by atoms with Gasteiger partial charge in [-0.1, -0.05) is 15.9 Å². The van der Waals surface area contributed by atoms with Crippen LogP contribution in [0.3, 0.4) is 0 Å². The number of carbonyl (C=O) groups is 2. The van der Waals surface area contributed by atoms with Crippen LogP contribution < -0.4 is 5.32 Å². The SMILES string of the molecule is O=C(O)CNC(=O)c1nc(Br)c2cc(Br)ccc2c1O. The molecule has 0 aliphatic rings. The molecular formula is C12H8Br2N2O4. The second-order valence-corrected chi connectivity index (χ2v) is 5.53. The number of aliphatic carboxylic acids is 1. The molecule has 0 aliphatic carbocycles. The summed E-state index contributed by atoms with van der Waals surface area (Å²) >= 11 is 6.53. The molecule has 1 heterocycles. The minimum atomic E-state index is -1.18. The largest absolute Gasteiger partial charge is 0.505 e. The molecule has 0 bridgehead atoms. The third kappa shape index (κ3) is 2.91. The summed E-state index contributed by atoms with van der Waals surface area (Å²) in [5.41, 5.74) is -0.229. The molecule has 0 aliphatic heterocycles. The van der Waals surface area contributed by atoms with E-state index < -0.39 is 18.4 Å². The molecule has 20 heavy (non-hydrogen) atoms.